The molecule has 1 rings (SSSR count). The Morgan fingerprint density at radius 2 is 1.79 bits per heavy atom. The molecule has 0 saturated heterocycles. The fraction of sp³-hybridized carbons (Fsp3) is 0.407. The first-order valence-electron chi connectivity index (χ1n) is 10.4. The maximum absolute atomic E-state index is 3.61. The lowest BCUT2D eigenvalue weighted by molar-refractivity contribution is 0.289. The molecule has 0 radical (unpaired) electrons. The minimum Gasteiger partial charge on any atom is -0.361 e. The van der Waals surface area contributed by atoms with Crippen molar-refractivity contribution < 1.29 is 0 Å². The first-order valence-corrected chi connectivity index (χ1v) is 10.4. The minimum atomic E-state index is 0.367. The predicted octanol–water partition coefficient (Wildman–Crippen LogP) is 6.92. The van der Waals surface area contributed by atoms with Gasteiger partial charge in [0.2, 0.25) is 0 Å². The lowest BCUT2D eigenvalue weighted by atomic mass is 10.1. The van der Waals surface area contributed by atoms with E-state index in [0.717, 1.165) is 25.2 Å². The zero-order valence-corrected chi connectivity index (χ0v) is 19.5. The Balaban J connectivity index is 0. The summed E-state index contributed by atoms with van der Waals surface area (Å²) >= 11 is 0. The van der Waals surface area contributed by atoms with E-state index in [2.05, 4.69) is 106 Å². The van der Waals surface area contributed by atoms with Crippen LogP contribution in [0.2, 0.25) is 0 Å². The molecule has 1 N–H and O–H groups in total. The van der Waals surface area contributed by atoms with Crippen LogP contribution in [0.25, 0.3) is 0 Å². The normalized spacial score (nSPS) is 11.3. The van der Waals surface area contributed by atoms with Crippen LogP contribution in [0.3, 0.4) is 0 Å². The van der Waals surface area contributed by atoms with E-state index in [0.29, 0.717) is 12.1 Å². The van der Waals surface area contributed by atoms with Crippen LogP contribution >= 0.6 is 0 Å². The average molecular weight is 395 g/mol. The molecule has 0 fully saturated rings. The van der Waals surface area contributed by atoms with E-state index >= 15 is 0 Å². The Morgan fingerprint density at radius 3 is 2.21 bits per heavy atom. The van der Waals surface area contributed by atoms with Crippen molar-refractivity contribution in [2.75, 3.05) is 13.1 Å². The van der Waals surface area contributed by atoms with Crippen molar-refractivity contribution in [3.8, 4) is 11.8 Å². The van der Waals surface area contributed by atoms with Gasteiger partial charge < -0.3 is 10.2 Å². The Morgan fingerprint density at radius 1 is 1.17 bits per heavy atom. The van der Waals surface area contributed by atoms with Crippen LogP contribution in [-0.2, 0) is 0 Å². The van der Waals surface area contributed by atoms with Gasteiger partial charge in [-0.05, 0) is 52.5 Å². The summed E-state index contributed by atoms with van der Waals surface area (Å²) in [5.74, 6) is 6.28. The quantitative estimate of drug-likeness (QED) is 0.278. The van der Waals surface area contributed by atoms with Gasteiger partial charge in [0.1, 0.15) is 0 Å². The van der Waals surface area contributed by atoms with Crippen molar-refractivity contribution in [3.05, 3.63) is 85.6 Å². The molecule has 0 amide bonds. The molecule has 1 aromatic rings. The summed E-state index contributed by atoms with van der Waals surface area (Å²) in [6, 6.07) is 11.4. The van der Waals surface area contributed by atoms with Crippen molar-refractivity contribution in [1.29, 1.82) is 0 Å². The molecule has 1 atom stereocenters. The first-order chi connectivity index (χ1) is 14.0. The number of nitrogens with zero attached hydrogens (tertiary/aromatic N) is 1. The minimum absolute atomic E-state index is 0.367. The van der Waals surface area contributed by atoms with Crippen molar-refractivity contribution in [1.82, 2.24) is 10.2 Å². The SMILES string of the molecule is C=C.C=C/C=C\C.CC#C/C(=C\CC)N(CCNC(C)c1ccccc1)C(C)C. The number of benzene rings is 1. The zero-order chi connectivity index (χ0) is 22.5. The summed E-state index contributed by atoms with van der Waals surface area (Å²) in [4.78, 5) is 2.38. The van der Waals surface area contributed by atoms with E-state index in [4.69, 9.17) is 0 Å². The Kier molecular flexibility index (Phi) is 20.0. The van der Waals surface area contributed by atoms with Crippen LogP contribution in [0.4, 0.5) is 0 Å². The van der Waals surface area contributed by atoms with E-state index in [9.17, 15) is 0 Å². The molecule has 0 bridgehead atoms. The molecular formula is C27H42N2. The molecule has 0 heterocycles. The summed E-state index contributed by atoms with van der Waals surface area (Å²) in [7, 11) is 0. The van der Waals surface area contributed by atoms with Crippen LogP contribution in [0.5, 0.6) is 0 Å². The summed E-state index contributed by atoms with van der Waals surface area (Å²) < 4.78 is 0. The monoisotopic (exact) mass is 394 g/mol. The number of allylic oxidation sites excluding steroid dienone is 5. The highest BCUT2D eigenvalue weighted by Gasteiger charge is 2.12. The van der Waals surface area contributed by atoms with E-state index < -0.39 is 0 Å². The maximum Gasteiger partial charge on any atom is 0.0841 e. The second-order valence-corrected chi connectivity index (χ2v) is 6.51. The fourth-order valence-corrected chi connectivity index (χ4v) is 2.62. The Bertz CT molecular complexity index is 629. The molecule has 0 saturated carbocycles. The van der Waals surface area contributed by atoms with Crippen LogP contribution in [0.15, 0.2) is 80.1 Å². The third-order valence-corrected chi connectivity index (χ3v) is 4.01. The van der Waals surface area contributed by atoms with Gasteiger partial charge in [-0.15, -0.1) is 13.2 Å². The number of hydrogen-bond donors (Lipinski definition) is 1. The third-order valence-electron chi connectivity index (χ3n) is 4.01. The lowest BCUT2D eigenvalue weighted by Crippen LogP contribution is -2.36. The number of hydrogen-bond acceptors (Lipinski definition) is 2. The van der Waals surface area contributed by atoms with Gasteiger partial charge in [-0.2, -0.15) is 0 Å². The number of nitrogens with one attached hydrogen (secondary N) is 1. The molecule has 1 unspecified atom stereocenters. The first kappa shape index (κ1) is 28.7. The molecule has 0 aliphatic rings. The van der Waals surface area contributed by atoms with Crippen LogP contribution < -0.4 is 5.32 Å². The number of rotatable bonds is 9. The highest BCUT2D eigenvalue weighted by atomic mass is 15.2. The second kappa shape index (κ2) is 20.2. The summed E-state index contributed by atoms with van der Waals surface area (Å²) in [6.45, 7) is 24.1. The highest BCUT2D eigenvalue weighted by molar-refractivity contribution is 5.27. The molecule has 0 aromatic heterocycles. The topological polar surface area (TPSA) is 15.3 Å². The van der Waals surface area contributed by atoms with Crippen LogP contribution in [0, 0.1) is 11.8 Å². The summed E-state index contributed by atoms with van der Waals surface area (Å²) in [5.41, 5.74) is 2.48. The van der Waals surface area contributed by atoms with Crippen LogP contribution in [-0.4, -0.2) is 24.0 Å². The molecule has 0 spiro atoms. The van der Waals surface area contributed by atoms with Gasteiger partial charge in [-0.3, -0.25) is 0 Å². The van der Waals surface area contributed by atoms with Gasteiger partial charge in [0, 0.05) is 25.2 Å². The lowest BCUT2D eigenvalue weighted by Gasteiger charge is -2.29. The highest BCUT2D eigenvalue weighted by Crippen LogP contribution is 2.12. The van der Waals surface area contributed by atoms with Gasteiger partial charge in [0.25, 0.3) is 0 Å². The van der Waals surface area contributed by atoms with Crippen molar-refractivity contribution in [2.24, 2.45) is 0 Å². The molecule has 0 aliphatic carbocycles. The molecule has 1 aromatic carbocycles. The van der Waals surface area contributed by atoms with Gasteiger partial charge in [-0.1, -0.05) is 74.1 Å². The summed E-state index contributed by atoms with van der Waals surface area (Å²) in [6.07, 6.45) is 8.81. The molecular weight excluding hydrogens is 352 g/mol. The van der Waals surface area contributed by atoms with Gasteiger partial charge in [-0.25, -0.2) is 0 Å². The van der Waals surface area contributed by atoms with Crippen molar-refractivity contribution in [2.45, 2.75) is 60.0 Å². The molecule has 2 heteroatoms. The predicted molar refractivity (Wildman–Crippen MR) is 133 cm³/mol. The van der Waals surface area contributed by atoms with E-state index in [1.54, 1.807) is 6.08 Å². The average Bonchev–Trinajstić information content (AvgIpc) is 2.74. The second-order valence-electron chi connectivity index (χ2n) is 6.51. The van der Waals surface area contributed by atoms with Crippen LogP contribution in [0.1, 0.15) is 59.6 Å². The molecule has 29 heavy (non-hydrogen) atoms. The fourth-order valence-electron chi connectivity index (χ4n) is 2.62. The smallest absolute Gasteiger partial charge is 0.0841 e. The van der Waals surface area contributed by atoms with Crippen molar-refractivity contribution >= 4 is 0 Å². The van der Waals surface area contributed by atoms with Gasteiger partial charge in [0.05, 0.1) is 5.70 Å². The largest absolute Gasteiger partial charge is 0.361 e. The summed E-state index contributed by atoms with van der Waals surface area (Å²) in [5, 5.41) is 3.61. The van der Waals surface area contributed by atoms with E-state index in [1.807, 2.05) is 26.0 Å². The molecule has 2 nitrogen and oxygen atoms in total. The van der Waals surface area contributed by atoms with E-state index in [-0.39, 0.29) is 0 Å². The van der Waals surface area contributed by atoms with Crippen molar-refractivity contribution in [3.63, 3.8) is 0 Å². The molecule has 0 aliphatic heterocycles. The zero-order valence-electron chi connectivity index (χ0n) is 19.5. The van der Waals surface area contributed by atoms with Gasteiger partial charge >= 0.3 is 0 Å². The van der Waals surface area contributed by atoms with Gasteiger partial charge in [0.15, 0.2) is 0 Å². The Labute approximate surface area is 181 Å². The maximum atomic E-state index is 3.61. The third kappa shape index (κ3) is 14.2. The standard InChI is InChI=1S/C20H30N2.C5H8.C2H4/c1-6-11-20(12-7-2)22(17(3)4)16-15-21-18(5)19-13-9-8-10-14-19;1-3-5-4-2;1-2/h8-11,13-14,17-18,21H,6,15-16H2,1-5H3;3-5H,1H2,2H3;1-2H2/b20-11+;5-4-;. The Hall–Kier alpha value is -2.50. The molecule has 160 valence electrons. The van der Waals surface area contributed by atoms with E-state index in [1.165, 1.54) is 5.56 Å².